The molecule has 1 aliphatic rings. The lowest BCUT2D eigenvalue weighted by Gasteiger charge is -2.37. The Morgan fingerprint density at radius 1 is 1.12 bits per heavy atom. The van der Waals surface area contributed by atoms with Crippen LogP contribution in [0.1, 0.15) is 12.0 Å². The number of hydrogen-bond donors (Lipinski definition) is 1. The lowest BCUT2D eigenvalue weighted by Crippen LogP contribution is -2.48. The Balaban J connectivity index is 1.61. The molecule has 3 rings (SSSR count). The molecule has 1 aliphatic heterocycles. The van der Waals surface area contributed by atoms with Crippen LogP contribution in [0.2, 0.25) is 5.02 Å². The van der Waals surface area contributed by atoms with E-state index in [9.17, 15) is 8.78 Å². The Kier molecular flexibility index (Phi) is 5.83. The maximum absolute atomic E-state index is 13.3. The van der Waals surface area contributed by atoms with Crippen LogP contribution in [0.4, 0.5) is 14.5 Å². The number of nitrogens with zero attached hydrogens (tertiary/aromatic N) is 2. The molecule has 0 saturated carbocycles. The normalized spacial score (nSPS) is 15.2. The minimum atomic E-state index is -0.633. The topological polar surface area (TPSA) is 18.5 Å². The largest absolute Gasteiger partial charge is 0.336 e. The molecule has 0 aromatic heterocycles. The molecule has 2 aromatic rings. The van der Waals surface area contributed by atoms with Gasteiger partial charge in [-0.3, -0.25) is 4.90 Å². The molecule has 0 aliphatic carbocycles. The molecular weight excluding hydrogens is 364 g/mol. The summed E-state index contributed by atoms with van der Waals surface area (Å²) in [6.07, 6.45) is 0.958. The van der Waals surface area contributed by atoms with Crippen LogP contribution >= 0.6 is 23.8 Å². The molecule has 2 aromatic carbocycles. The number of anilines is 1. The van der Waals surface area contributed by atoms with Crippen molar-refractivity contribution in [2.45, 2.75) is 13.0 Å². The molecular formula is C18H18ClF2N3S. The predicted molar refractivity (Wildman–Crippen MR) is 101 cm³/mol. The van der Waals surface area contributed by atoms with Gasteiger partial charge in [-0.05, 0) is 48.5 Å². The van der Waals surface area contributed by atoms with E-state index in [0.29, 0.717) is 17.5 Å². The Morgan fingerprint density at radius 2 is 1.88 bits per heavy atom. The van der Waals surface area contributed by atoms with Gasteiger partial charge in [0.05, 0.1) is 6.67 Å². The van der Waals surface area contributed by atoms with Gasteiger partial charge in [-0.15, -0.1) is 0 Å². The summed E-state index contributed by atoms with van der Waals surface area (Å²) >= 11 is 11.4. The van der Waals surface area contributed by atoms with Gasteiger partial charge in [0, 0.05) is 36.4 Å². The maximum Gasteiger partial charge on any atom is 0.174 e. The second kappa shape index (κ2) is 8.08. The summed E-state index contributed by atoms with van der Waals surface area (Å²) in [5, 5.41) is 4.09. The summed E-state index contributed by atoms with van der Waals surface area (Å²) in [6, 6.07) is 11.1. The molecule has 0 spiro atoms. The van der Waals surface area contributed by atoms with Gasteiger partial charge in [-0.2, -0.15) is 0 Å². The summed E-state index contributed by atoms with van der Waals surface area (Å²) < 4.78 is 26.6. The molecule has 1 fully saturated rings. The quantitative estimate of drug-likeness (QED) is 0.790. The first-order chi connectivity index (χ1) is 12.0. The standard InChI is InChI=1S/C18H18ClF2N3S/c19-14-4-1-3-13(7-14)11-23-5-2-6-24(12-23)18(25)22-17-9-15(20)8-16(21)10-17/h1,3-4,7-10H,2,5-6,11-12H2,(H,22,25). The summed E-state index contributed by atoms with van der Waals surface area (Å²) in [4.78, 5) is 4.25. The zero-order valence-corrected chi connectivity index (χ0v) is 15.1. The van der Waals surface area contributed by atoms with Crippen LogP contribution in [0.25, 0.3) is 0 Å². The number of benzene rings is 2. The van der Waals surface area contributed by atoms with Gasteiger partial charge in [-0.1, -0.05) is 23.7 Å². The van der Waals surface area contributed by atoms with Gasteiger partial charge < -0.3 is 10.2 Å². The number of nitrogens with one attached hydrogen (secondary N) is 1. The third-order valence-electron chi connectivity index (χ3n) is 3.97. The molecule has 25 heavy (non-hydrogen) atoms. The van der Waals surface area contributed by atoms with Crippen molar-refractivity contribution in [1.29, 1.82) is 0 Å². The Bertz CT molecular complexity index is 751. The number of hydrogen-bond acceptors (Lipinski definition) is 2. The van der Waals surface area contributed by atoms with Crippen LogP contribution < -0.4 is 5.32 Å². The fourth-order valence-corrected chi connectivity index (χ4v) is 3.36. The molecule has 1 heterocycles. The second-order valence-electron chi connectivity index (χ2n) is 6.03. The van der Waals surface area contributed by atoms with E-state index in [4.69, 9.17) is 23.8 Å². The van der Waals surface area contributed by atoms with Crippen LogP contribution in [-0.4, -0.2) is 34.7 Å². The Labute approximate surface area is 156 Å². The van der Waals surface area contributed by atoms with Crippen LogP contribution in [0.15, 0.2) is 42.5 Å². The van der Waals surface area contributed by atoms with Crippen molar-refractivity contribution in [1.82, 2.24) is 9.80 Å². The zero-order chi connectivity index (χ0) is 17.8. The van der Waals surface area contributed by atoms with Crippen molar-refractivity contribution in [2.75, 3.05) is 25.1 Å². The number of thiocarbonyl (C=S) groups is 1. The molecule has 0 atom stereocenters. The minimum absolute atomic E-state index is 0.314. The fraction of sp³-hybridized carbons (Fsp3) is 0.278. The first-order valence-electron chi connectivity index (χ1n) is 7.98. The van der Waals surface area contributed by atoms with E-state index in [2.05, 4.69) is 10.2 Å². The summed E-state index contributed by atoms with van der Waals surface area (Å²) in [6.45, 7) is 3.18. The third-order valence-corrected chi connectivity index (χ3v) is 4.56. The van der Waals surface area contributed by atoms with Crippen molar-refractivity contribution in [3.63, 3.8) is 0 Å². The van der Waals surface area contributed by atoms with E-state index in [1.807, 2.05) is 29.2 Å². The van der Waals surface area contributed by atoms with Crippen molar-refractivity contribution in [2.24, 2.45) is 0 Å². The summed E-state index contributed by atoms with van der Waals surface area (Å²) in [5.74, 6) is -1.27. The monoisotopic (exact) mass is 381 g/mol. The van der Waals surface area contributed by atoms with Crippen LogP contribution in [0, 0.1) is 11.6 Å². The highest BCUT2D eigenvalue weighted by molar-refractivity contribution is 7.80. The van der Waals surface area contributed by atoms with Crippen LogP contribution in [0.5, 0.6) is 0 Å². The van der Waals surface area contributed by atoms with Gasteiger partial charge in [0.15, 0.2) is 5.11 Å². The van der Waals surface area contributed by atoms with Crippen molar-refractivity contribution in [3.8, 4) is 0 Å². The Hall–Kier alpha value is -1.76. The number of halogens is 3. The molecule has 7 heteroatoms. The molecule has 1 N–H and O–H groups in total. The van der Waals surface area contributed by atoms with Gasteiger partial charge in [0.1, 0.15) is 11.6 Å². The van der Waals surface area contributed by atoms with E-state index in [1.165, 1.54) is 12.1 Å². The Morgan fingerprint density at radius 3 is 2.60 bits per heavy atom. The maximum atomic E-state index is 13.3. The van der Waals surface area contributed by atoms with E-state index < -0.39 is 11.6 Å². The molecule has 132 valence electrons. The third kappa shape index (κ3) is 5.11. The highest BCUT2D eigenvalue weighted by atomic mass is 35.5. The molecule has 0 amide bonds. The van der Waals surface area contributed by atoms with Gasteiger partial charge in [0.25, 0.3) is 0 Å². The summed E-state index contributed by atoms with van der Waals surface area (Å²) in [5.41, 5.74) is 1.45. The highest BCUT2D eigenvalue weighted by Crippen LogP contribution is 2.17. The predicted octanol–water partition coefficient (Wildman–Crippen LogP) is 4.48. The molecule has 3 nitrogen and oxygen atoms in total. The molecule has 1 saturated heterocycles. The minimum Gasteiger partial charge on any atom is -0.336 e. The van der Waals surface area contributed by atoms with E-state index in [-0.39, 0.29) is 0 Å². The summed E-state index contributed by atoms with van der Waals surface area (Å²) in [7, 11) is 0. The van der Waals surface area contributed by atoms with Gasteiger partial charge >= 0.3 is 0 Å². The van der Waals surface area contributed by atoms with Gasteiger partial charge in [0.2, 0.25) is 0 Å². The van der Waals surface area contributed by atoms with E-state index >= 15 is 0 Å². The van der Waals surface area contributed by atoms with Crippen molar-refractivity contribution < 1.29 is 8.78 Å². The second-order valence-corrected chi connectivity index (χ2v) is 6.85. The van der Waals surface area contributed by atoms with Crippen LogP contribution in [-0.2, 0) is 6.54 Å². The zero-order valence-electron chi connectivity index (χ0n) is 13.5. The average molecular weight is 382 g/mol. The van der Waals surface area contributed by atoms with Crippen LogP contribution in [0.3, 0.4) is 0 Å². The lowest BCUT2D eigenvalue weighted by molar-refractivity contribution is 0.134. The first kappa shape index (κ1) is 18.0. The molecule has 0 unspecified atom stereocenters. The van der Waals surface area contributed by atoms with Crippen molar-refractivity contribution in [3.05, 3.63) is 64.7 Å². The number of rotatable bonds is 3. The smallest absolute Gasteiger partial charge is 0.174 e. The highest BCUT2D eigenvalue weighted by Gasteiger charge is 2.20. The van der Waals surface area contributed by atoms with E-state index in [1.54, 1.807) is 0 Å². The first-order valence-corrected chi connectivity index (χ1v) is 8.77. The average Bonchev–Trinajstić information content (AvgIpc) is 2.54. The van der Waals surface area contributed by atoms with Gasteiger partial charge in [-0.25, -0.2) is 8.78 Å². The molecule has 0 radical (unpaired) electrons. The SMILES string of the molecule is Fc1cc(F)cc(NC(=S)N2CCCN(Cc3cccc(Cl)c3)C2)c1. The van der Waals surface area contributed by atoms with Crippen molar-refractivity contribution >= 4 is 34.6 Å². The molecule has 0 bridgehead atoms. The lowest BCUT2D eigenvalue weighted by atomic mass is 10.2. The van der Waals surface area contributed by atoms with E-state index in [0.717, 1.165) is 42.7 Å². The fourth-order valence-electron chi connectivity index (χ4n) is 2.88.